The maximum absolute atomic E-state index is 3.63. The molecule has 1 nitrogen and oxygen atoms in total. The summed E-state index contributed by atoms with van der Waals surface area (Å²) in [5, 5.41) is 0. The molecule has 1 unspecified atom stereocenters. The van der Waals surface area contributed by atoms with Crippen LogP contribution in [0.2, 0.25) is 0 Å². The first-order valence-electron chi connectivity index (χ1n) is 4.25. The summed E-state index contributed by atoms with van der Waals surface area (Å²) in [6.45, 7) is 4.39. The first kappa shape index (κ1) is 10.0. The van der Waals surface area contributed by atoms with Gasteiger partial charge in [0.05, 0.1) is 0 Å². The van der Waals surface area contributed by atoms with Gasteiger partial charge in [-0.15, -0.1) is 0 Å². The summed E-state index contributed by atoms with van der Waals surface area (Å²) in [5.74, 6) is 0.542. The SMILES string of the molecule is CC1=C(Br)C([C@@H](C)N(C)C)C=C1. The van der Waals surface area contributed by atoms with Gasteiger partial charge in [0.2, 0.25) is 0 Å². The molecule has 0 spiro atoms. The molecule has 0 amide bonds. The van der Waals surface area contributed by atoms with Crippen molar-refractivity contribution in [1.82, 2.24) is 4.90 Å². The number of hydrogen-bond donors (Lipinski definition) is 0. The van der Waals surface area contributed by atoms with Gasteiger partial charge in [0.15, 0.2) is 0 Å². The number of nitrogens with zero attached hydrogens (tertiary/aromatic N) is 1. The lowest BCUT2D eigenvalue weighted by atomic mass is 10.0. The summed E-state index contributed by atoms with van der Waals surface area (Å²) in [6, 6.07) is 0.563. The molecule has 1 rings (SSSR count). The predicted octanol–water partition coefficient (Wildman–Crippen LogP) is 2.79. The van der Waals surface area contributed by atoms with E-state index in [1.54, 1.807) is 0 Å². The Morgan fingerprint density at radius 1 is 1.50 bits per heavy atom. The van der Waals surface area contributed by atoms with E-state index in [2.05, 4.69) is 60.9 Å². The van der Waals surface area contributed by atoms with E-state index in [-0.39, 0.29) is 0 Å². The average Bonchev–Trinajstić information content (AvgIpc) is 2.32. The van der Waals surface area contributed by atoms with Crippen LogP contribution in [-0.4, -0.2) is 25.0 Å². The minimum absolute atomic E-state index is 0.542. The largest absolute Gasteiger partial charge is 0.306 e. The molecule has 12 heavy (non-hydrogen) atoms. The van der Waals surface area contributed by atoms with Crippen molar-refractivity contribution in [2.24, 2.45) is 5.92 Å². The third kappa shape index (κ3) is 1.80. The second kappa shape index (κ2) is 3.75. The molecule has 0 radical (unpaired) electrons. The number of halogens is 1. The van der Waals surface area contributed by atoms with Crippen molar-refractivity contribution in [1.29, 1.82) is 0 Å². The number of rotatable bonds is 2. The van der Waals surface area contributed by atoms with E-state index in [1.165, 1.54) is 10.1 Å². The van der Waals surface area contributed by atoms with Crippen LogP contribution in [0.1, 0.15) is 13.8 Å². The van der Waals surface area contributed by atoms with Crippen LogP contribution in [0.5, 0.6) is 0 Å². The summed E-state index contributed by atoms with van der Waals surface area (Å²) in [5.41, 5.74) is 1.36. The minimum Gasteiger partial charge on any atom is -0.306 e. The van der Waals surface area contributed by atoms with Crippen LogP contribution >= 0.6 is 15.9 Å². The standard InChI is InChI=1S/C10H16BrN/c1-7-5-6-9(10(7)11)8(2)12(3)4/h5-6,8-9H,1-4H3/t8-,9?/m1/s1. The van der Waals surface area contributed by atoms with Crippen molar-refractivity contribution >= 4 is 15.9 Å². The molecule has 0 aromatic carbocycles. The summed E-state index contributed by atoms with van der Waals surface area (Å²) in [4.78, 5) is 2.24. The van der Waals surface area contributed by atoms with Gasteiger partial charge < -0.3 is 4.90 Å². The van der Waals surface area contributed by atoms with E-state index >= 15 is 0 Å². The molecule has 0 fully saturated rings. The normalized spacial score (nSPS) is 25.7. The first-order valence-corrected chi connectivity index (χ1v) is 5.04. The van der Waals surface area contributed by atoms with Crippen LogP contribution < -0.4 is 0 Å². The van der Waals surface area contributed by atoms with Crippen molar-refractivity contribution in [3.05, 3.63) is 22.2 Å². The van der Waals surface area contributed by atoms with Gasteiger partial charge in [0.25, 0.3) is 0 Å². The number of allylic oxidation sites excluding steroid dienone is 2. The van der Waals surface area contributed by atoms with Gasteiger partial charge >= 0.3 is 0 Å². The van der Waals surface area contributed by atoms with E-state index in [0.717, 1.165) is 0 Å². The maximum Gasteiger partial charge on any atom is 0.0243 e. The maximum atomic E-state index is 3.63. The van der Waals surface area contributed by atoms with Crippen LogP contribution in [0.15, 0.2) is 22.2 Å². The van der Waals surface area contributed by atoms with Crippen molar-refractivity contribution in [3.63, 3.8) is 0 Å². The zero-order valence-electron chi connectivity index (χ0n) is 8.13. The number of hydrogen-bond acceptors (Lipinski definition) is 1. The molecule has 0 heterocycles. The van der Waals surface area contributed by atoms with Gasteiger partial charge in [0, 0.05) is 16.4 Å². The molecule has 0 aromatic rings. The molecule has 1 aliphatic carbocycles. The van der Waals surface area contributed by atoms with E-state index in [0.29, 0.717) is 12.0 Å². The van der Waals surface area contributed by atoms with Crippen LogP contribution in [-0.2, 0) is 0 Å². The smallest absolute Gasteiger partial charge is 0.0243 e. The quantitative estimate of drug-likeness (QED) is 0.705. The molecule has 1 aliphatic rings. The molecule has 0 saturated carbocycles. The zero-order valence-corrected chi connectivity index (χ0v) is 9.72. The predicted molar refractivity (Wildman–Crippen MR) is 57.4 cm³/mol. The summed E-state index contributed by atoms with van der Waals surface area (Å²) >= 11 is 3.63. The fourth-order valence-corrected chi connectivity index (χ4v) is 2.04. The van der Waals surface area contributed by atoms with Crippen molar-refractivity contribution in [2.45, 2.75) is 19.9 Å². The van der Waals surface area contributed by atoms with Crippen molar-refractivity contribution in [2.75, 3.05) is 14.1 Å². The monoisotopic (exact) mass is 229 g/mol. The lowest BCUT2D eigenvalue weighted by Crippen LogP contribution is -2.31. The molecule has 68 valence electrons. The van der Waals surface area contributed by atoms with Crippen LogP contribution in [0.25, 0.3) is 0 Å². The molecule has 2 atom stereocenters. The molecule has 2 heteroatoms. The zero-order chi connectivity index (χ0) is 9.30. The molecule has 0 bridgehead atoms. The van der Waals surface area contributed by atoms with E-state index in [1.807, 2.05) is 0 Å². The lowest BCUT2D eigenvalue weighted by Gasteiger charge is -2.25. The Bertz CT molecular complexity index is 228. The minimum atomic E-state index is 0.542. The second-order valence-corrected chi connectivity index (χ2v) is 4.47. The Labute approximate surface area is 83.3 Å². The Balaban J connectivity index is 2.74. The third-order valence-corrected chi connectivity index (χ3v) is 3.71. The summed E-state index contributed by atoms with van der Waals surface area (Å²) < 4.78 is 1.34. The fraction of sp³-hybridized carbons (Fsp3) is 0.600. The Morgan fingerprint density at radius 2 is 2.08 bits per heavy atom. The molecule has 0 saturated heterocycles. The Kier molecular flexibility index (Phi) is 3.13. The Morgan fingerprint density at radius 3 is 2.42 bits per heavy atom. The first-order chi connectivity index (χ1) is 5.54. The highest BCUT2D eigenvalue weighted by molar-refractivity contribution is 9.11. The van der Waals surface area contributed by atoms with Crippen LogP contribution in [0, 0.1) is 5.92 Å². The second-order valence-electron chi connectivity index (χ2n) is 3.62. The molecule has 0 N–H and O–H groups in total. The molecular formula is C10H16BrN. The van der Waals surface area contributed by atoms with Gasteiger partial charge in [-0.1, -0.05) is 28.1 Å². The average molecular weight is 230 g/mol. The van der Waals surface area contributed by atoms with Gasteiger partial charge in [-0.05, 0) is 33.5 Å². The van der Waals surface area contributed by atoms with Gasteiger partial charge in [0.1, 0.15) is 0 Å². The summed E-state index contributed by atoms with van der Waals surface area (Å²) in [6.07, 6.45) is 4.46. The third-order valence-electron chi connectivity index (χ3n) is 2.56. The molecule has 0 aliphatic heterocycles. The summed E-state index contributed by atoms with van der Waals surface area (Å²) in [7, 11) is 4.24. The van der Waals surface area contributed by atoms with Gasteiger partial charge in [-0.2, -0.15) is 0 Å². The van der Waals surface area contributed by atoms with E-state index < -0.39 is 0 Å². The van der Waals surface area contributed by atoms with Crippen molar-refractivity contribution in [3.8, 4) is 0 Å². The fourth-order valence-electron chi connectivity index (χ4n) is 1.37. The van der Waals surface area contributed by atoms with Crippen LogP contribution in [0.3, 0.4) is 0 Å². The van der Waals surface area contributed by atoms with E-state index in [4.69, 9.17) is 0 Å². The Hall–Kier alpha value is -0.0800. The van der Waals surface area contributed by atoms with Crippen molar-refractivity contribution < 1.29 is 0 Å². The highest BCUT2D eigenvalue weighted by atomic mass is 79.9. The highest BCUT2D eigenvalue weighted by Crippen LogP contribution is 2.33. The lowest BCUT2D eigenvalue weighted by molar-refractivity contribution is 0.281. The molecular weight excluding hydrogens is 214 g/mol. The van der Waals surface area contributed by atoms with Crippen LogP contribution in [0.4, 0.5) is 0 Å². The molecule has 0 aromatic heterocycles. The highest BCUT2D eigenvalue weighted by Gasteiger charge is 2.23. The van der Waals surface area contributed by atoms with Gasteiger partial charge in [-0.25, -0.2) is 0 Å². The van der Waals surface area contributed by atoms with Gasteiger partial charge in [-0.3, -0.25) is 0 Å². The topological polar surface area (TPSA) is 3.24 Å². The van der Waals surface area contributed by atoms with E-state index in [9.17, 15) is 0 Å².